The average Bonchev–Trinajstić information content (AvgIpc) is 2.29. The minimum atomic E-state index is 2.00. The molecule has 0 saturated heterocycles. The molecule has 0 spiro atoms. The quantitative estimate of drug-likeness (QED) is 0.504. The highest BCUT2D eigenvalue weighted by atomic mass is 13.6. The normalized spacial score (nSPS) is 5.00. The van der Waals surface area contributed by atoms with E-state index in [1.54, 1.807) is 0 Å². The molecular weight excluding hydrogens is 144 g/mol. The van der Waals surface area contributed by atoms with Gasteiger partial charge in [-0.1, -0.05) is 36.4 Å². The van der Waals surface area contributed by atoms with E-state index in [2.05, 4.69) is 39.5 Å². The van der Waals surface area contributed by atoms with Gasteiger partial charge in [-0.05, 0) is 0 Å². The first-order valence-electron chi connectivity index (χ1n) is 3.50. The summed E-state index contributed by atoms with van der Waals surface area (Å²) < 4.78 is 0. The average molecular weight is 162 g/mol. The van der Waals surface area contributed by atoms with Crippen LogP contribution in [0.1, 0.15) is 0 Å². The molecular formula is C12H18. The van der Waals surface area contributed by atoms with Gasteiger partial charge in [-0.2, -0.15) is 0 Å². The van der Waals surface area contributed by atoms with Gasteiger partial charge in [-0.15, -0.1) is 39.5 Å². The molecule has 0 nitrogen and oxygen atoms in total. The lowest BCUT2D eigenvalue weighted by molar-refractivity contribution is 1.72. The van der Waals surface area contributed by atoms with Crippen molar-refractivity contribution in [3.05, 3.63) is 75.9 Å². The highest BCUT2D eigenvalue weighted by molar-refractivity contribution is 4.99. The zero-order valence-corrected chi connectivity index (χ0v) is 7.71. The highest BCUT2D eigenvalue weighted by Gasteiger charge is 1.57. The summed E-state index contributed by atoms with van der Waals surface area (Å²) in [5.74, 6) is 0. The highest BCUT2D eigenvalue weighted by Crippen LogP contribution is 1.79. The molecule has 0 fully saturated rings. The minimum absolute atomic E-state index is 2.00. The van der Waals surface area contributed by atoms with Gasteiger partial charge in [0.2, 0.25) is 0 Å². The molecule has 0 bridgehead atoms. The van der Waals surface area contributed by atoms with E-state index in [1.165, 1.54) is 0 Å². The molecule has 0 saturated carbocycles. The maximum Gasteiger partial charge on any atom is -0.0623 e. The van der Waals surface area contributed by atoms with Gasteiger partial charge in [0.05, 0.1) is 0 Å². The van der Waals surface area contributed by atoms with E-state index in [9.17, 15) is 0 Å². The van der Waals surface area contributed by atoms with Gasteiger partial charge in [0.1, 0.15) is 0 Å². The molecule has 0 atom stereocenters. The number of benzene rings is 1. The Kier molecular flexibility index (Phi) is 47.8. The third kappa shape index (κ3) is 23.7. The fraction of sp³-hybridized carbons (Fsp3) is 0. The van der Waals surface area contributed by atoms with Gasteiger partial charge < -0.3 is 0 Å². The molecule has 0 N–H and O–H groups in total. The maximum atomic E-state index is 3.00. The molecule has 0 aromatic heterocycles. The standard InChI is InChI=1S/C6H6.3C2H4/c1-2-4-6-5-3-1;3*1-2/h1-6H;3*1-2H2. The van der Waals surface area contributed by atoms with Crippen LogP contribution in [0.3, 0.4) is 0 Å². The Hall–Kier alpha value is -1.56. The maximum absolute atomic E-state index is 3.00. The predicted octanol–water partition coefficient (Wildman–Crippen LogP) is 4.09. The van der Waals surface area contributed by atoms with Crippen molar-refractivity contribution in [2.24, 2.45) is 0 Å². The van der Waals surface area contributed by atoms with Crippen molar-refractivity contribution in [1.82, 2.24) is 0 Å². The van der Waals surface area contributed by atoms with Gasteiger partial charge >= 0.3 is 0 Å². The first kappa shape index (κ1) is 16.8. The molecule has 1 rings (SSSR count). The molecule has 66 valence electrons. The van der Waals surface area contributed by atoms with Gasteiger partial charge in [-0.25, -0.2) is 0 Å². The molecule has 0 unspecified atom stereocenters. The van der Waals surface area contributed by atoms with Crippen LogP contribution in [0.4, 0.5) is 0 Å². The number of hydrogen-bond donors (Lipinski definition) is 0. The summed E-state index contributed by atoms with van der Waals surface area (Å²) in [6, 6.07) is 12.0. The molecule has 1 aromatic rings. The van der Waals surface area contributed by atoms with E-state index >= 15 is 0 Å². The van der Waals surface area contributed by atoms with Crippen molar-refractivity contribution in [1.29, 1.82) is 0 Å². The molecule has 0 aliphatic heterocycles. The zero-order valence-electron chi connectivity index (χ0n) is 7.71. The lowest BCUT2D eigenvalue weighted by atomic mass is 10.4. The first-order chi connectivity index (χ1) is 6.00. The summed E-state index contributed by atoms with van der Waals surface area (Å²) in [4.78, 5) is 0. The van der Waals surface area contributed by atoms with Gasteiger partial charge in [0.25, 0.3) is 0 Å². The van der Waals surface area contributed by atoms with Gasteiger partial charge in [0.15, 0.2) is 0 Å². The Morgan fingerprint density at radius 3 is 0.500 bits per heavy atom. The molecule has 0 heterocycles. The summed E-state index contributed by atoms with van der Waals surface area (Å²) in [6.45, 7) is 18.0. The summed E-state index contributed by atoms with van der Waals surface area (Å²) >= 11 is 0. The Morgan fingerprint density at radius 2 is 0.417 bits per heavy atom. The Bertz CT molecular complexity index is 101. The van der Waals surface area contributed by atoms with Crippen LogP contribution in [0.25, 0.3) is 0 Å². The predicted molar refractivity (Wildman–Crippen MR) is 60.2 cm³/mol. The summed E-state index contributed by atoms with van der Waals surface area (Å²) in [6.07, 6.45) is 0. The fourth-order valence-electron chi connectivity index (χ4n) is 0.385. The summed E-state index contributed by atoms with van der Waals surface area (Å²) in [5, 5.41) is 0. The number of hydrogen-bond acceptors (Lipinski definition) is 0. The number of rotatable bonds is 0. The van der Waals surface area contributed by atoms with E-state index in [4.69, 9.17) is 0 Å². The molecule has 0 heteroatoms. The van der Waals surface area contributed by atoms with Crippen molar-refractivity contribution in [2.75, 3.05) is 0 Å². The van der Waals surface area contributed by atoms with E-state index in [0.29, 0.717) is 0 Å². The van der Waals surface area contributed by atoms with Crippen LogP contribution in [-0.2, 0) is 0 Å². The van der Waals surface area contributed by atoms with E-state index < -0.39 is 0 Å². The van der Waals surface area contributed by atoms with E-state index in [0.717, 1.165) is 0 Å². The molecule has 0 aliphatic rings. The lowest BCUT2D eigenvalue weighted by Gasteiger charge is -1.69. The van der Waals surface area contributed by atoms with Crippen LogP contribution in [0.15, 0.2) is 75.9 Å². The zero-order chi connectivity index (χ0) is 10.2. The summed E-state index contributed by atoms with van der Waals surface area (Å²) in [7, 11) is 0. The third-order valence-corrected chi connectivity index (χ3v) is 0.667. The second-order valence-electron chi connectivity index (χ2n) is 1.15. The van der Waals surface area contributed by atoms with Crippen LogP contribution in [0, 0.1) is 0 Å². The van der Waals surface area contributed by atoms with Gasteiger partial charge in [0, 0.05) is 0 Å². The van der Waals surface area contributed by atoms with Crippen LogP contribution in [0.5, 0.6) is 0 Å². The van der Waals surface area contributed by atoms with Crippen molar-refractivity contribution in [3.8, 4) is 0 Å². The van der Waals surface area contributed by atoms with Crippen molar-refractivity contribution >= 4 is 0 Å². The smallest absolute Gasteiger partial charge is 0.0623 e. The van der Waals surface area contributed by atoms with Crippen LogP contribution >= 0.6 is 0 Å². The fourth-order valence-corrected chi connectivity index (χ4v) is 0.385. The molecule has 0 radical (unpaired) electrons. The van der Waals surface area contributed by atoms with Crippen molar-refractivity contribution in [2.45, 2.75) is 0 Å². The molecule has 0 aliphatic carbocycles. The monoisotopic (exact) mass is 162 g/mol. The Labute approximate surface area is 76.6 Å². The van der Waals surface area contributed by atoms with E-state index in [1.807, 2.05) is 36.4 Å². The van der Waals surface area contributed by atoms with Crippen LogP contribution in [-0.4, -0.2) is 0 Å². The van der Waals surface area contributed by atoms with Gasteiger partial charge in [-0.3, -0.25) is 0 Å². The topological polar surface area (TPSA) is 0 Å². The largest absolute Gasteiger partial charge is 0.106 e. The van der Waals surface area contributed by atoms with Crippen molar-refractivity contribution in [3.63, 3.8) is 0 Å². The third-order valence-electron chi connectivity index (χ3n) is 0.667. The van der Waals surface area contributed by atoms with Crippen LogP contribution in [0.2, 0.25) is 0 Å². The molecule has 0 amide bonds. The second-order valence-corrected chi connectivity index (χ2v) is 1.15. The lowest BCUT2D eigenvalue weighted by Crippen LogP contribution is -1.47. The van der Waals surface area contributed by atoms with E-state index in [-0.39, 0.29) is 0 Å². The Balaban J connectivity index is -0.000000117. The Morgan fingerprint density at radius 1 is 0.333 bits per heavy atom. The first-order valence-corrected chi connectivity index (χ1v) is 3.50. The molecule has 1 aromatic carbocycles. The second kappa shape index (κ2) is 34.1. The van der Waals surface area contributed by atoms with Crippen LogP contribution < -0.4 is 0 Å². The summed E-state index contributed by atoms with van der Waals surface area (Å²) in [5.41, 5.74) is 0. The minimum Gasteiger partial charge on any atom is -0.106 e. The molecule has 12 heavy (non-hydrogen) atoms. The SMILES string of the molecule is C=C.C=C.C=C.c1ccccc1. The van der Waals surface area contributed by atoms with Crippen molar-refractivity contribution < 1.29 is 0 Å².